The van der Waals surface area contributed by atoms with Crippen molar-refractivity contribution in [2.75, 3.05) is 11.3 Å². The van der Waals surface area contributed by atoms with Crippen LogP contribution in [0.3, 0.4) is 0 Å². The number of nitrogens with one attached hydrogen (secondary N) is 1. The molecule has 1 fully saturated rings. The molecule has 13 heavy (non-hydrogen) atoms. The van der Waals surface area contributed by atoms with E-state index in [9.17, 15) is 8.42 Å². The van der Waals surface area contributed by atoms with E-state index in [1.165, 1.54) is 0 Å². The van der Waals surface area contributed by atoms with Gasteiger partial charge in [-0.05, 0) is 12.8 Å². The molecule has 0 aromatic rings. The average molecular weight is 272 g/mol. The van der Waals surface area contributed by atoms with E-state index >= 15 is 0 Å². The normalized spacial score (nSPS) is 22.0. The molecular formula is C7H14BrNO3S. The van der Waals surface area contributed by atoms with Crippen LogP contribution in [0.1, 0.15) is 25.7 Å². The fourth-order valence-electron chi connectivity index (χ4n) is 1.70. The number of hydrogen-bond acceptors (Lipinski definition) is 3. The van der Waals surface area contributed by atoms with Crippen molar-refractivity contribution in [1.29, 1.82) is 0 Å². The zero-order valence-corrected chi connectivity index (χ0v) is 9.70. The second kappa shape index (κ2) is 4.25. The third-order valence-corrected chi connectivity index (χ3v) is 5.22. The lowest BCUT2D eigenvalue weighted by Crippen LogP contribution is -2.49. The van der Waals surface area contributed by atoms with Gasteiger partial charge in [-0.15, -0.1) is 0 Å². The summed E-state index contributed by atoms with van der Waals surface area (Å²) in [5.74, 6) is 0. The van der Waals surface area contributed by atoms with Gasteiger partial charge in [0.1, 0.15) is 4.66 Å². The number of alkyl halides is 1. The van der Waals surface area contributed by atoms with Crippen LogP contribution in [0, 0.1) is 0 Å². The standard InChI is InChI=1S/C7H14BrNO3S/c8-6-13(11,12)9-7(5-10)3-1-2-4-7/h9-10H,1-6H2. The second-order valence-electron chi connectivity index (χ2n) is 3.47. The van der Waals surface area contributed by atoms with Crippen LogP contribution in [-0.4, -0.2) is 30.3 Å². The van der Waals surface area contributed by atoms with E-state index in [1.807, 2.05) is 0 Å². The Balaban J connectivity index is 2.69. The van der Waals surface area contributed by atoms with E-state index in [0.717, 1.165) is 25.7 Å². The zero-order valence-electron chi connectivity index (χ0n) is 7.29. The zero-order chi connectivity index (χ0) is 9.95. The van der Waals surface area contributed by atoms with E-state index in [0.29, 0.717) is 0 Å². The summed E-state index contributed by atoms with van der Waals surface area (Å²) in [4.78, 5) is 0. The summed E-state index contributed by atoms with van der Waals surface area (Å²) in [7, 11) is -3.27. The molecule has 4 nitrogen and oxygen atoms in total. The van der Waals surface area contributed by atoms with E-state index < -0.39 is 15.6 Å². The monoisotopic (exact) mass is 271 g/mol. The minimum atomic E-state index is -3.27. The van der Waals surface area contributed by atoms with Crippen LogP contribution in [0.5, 0.6) is 0 Å². The number of aliphatic hydroxyl groups is 1. The maximum atomic E-state index is 11.3. The topological polar surface area (TPSA) is 66.4 Å². The molecule has 1 aliphatic rings. The van der Waals surface area contributed by atoms with E-state index in [1.54, 1.807) is 0 Å². The molecule has 0 unspecified atom stereocenters. The summed E-state index contributed by atoms with van der Waals surface area (Å²) in [5.41, 5.74) is -0.591. The van der Waals surface area contributed by atoms with Gasteiger partial charge in [-0.1, -0.05) is 28.8 Å². The molecule has 1 rings (SSSR count). The largest absolute Gasteiger partial charge is 0.394 e. The molecule has 1 saturated carbocycles. The molecule has 0 atom stereocenters. The number of halogens is 1. The third kappa shape index (κ3) is 2.90. The van der Waals surface area contributed by atoms with Gasteiger partial charge in [-0.3, -0.25) is 0 Å². The minimum Gasteiger partial charge on any atom is -0.394 e. The van der Waals surface area contributed by atoms with Gasteiger partial charge in [0.25, 0.3) is 0 Å². The van der Waals surface area contributed by atoms with Crippen LogP contribution in [0.4, 0.5) is 0 Å². The van der Waals surface area contributed by atoms with Crippen LogP contribution >= 0.6 is 15.9 Å². The van der Waals surface area contributed by atoms with Crippen LogP contribution < -0.4 is 4.72 Å². The maximum Gasteiger partial charge on any atom is 0.222 e. The molecule has 1 aliphatic carbocycles. The summed E-state index contributed by atoms with van der Waals surface area (Å²) in [6.07, 6.45) is 3.42. The highest BCUT2D eigenvalue weighted by Gasteiger charge is 2.36. The Morgan fingerprint density at radius 2 is 1.92 bits per heavy atom. The first-order valence-electron chi connectivity index (χ1n) is 4.22. The molecule has 0 aromatic heterocycles. The summed E-state index contributed by atoms with van der Waals surface area (Å²) in [6, 6.07) is 0. The first-order valence-corrected chi connectivity index (χ1v) is 6.99. The Morgan fingerprint density at radius 1 is 1.38 bits per heavy atom. The lowest BCUT2D eigenvalue weighted by atomic mass is 10.0. The molecule has 2 N–H and O–H groups in total. The Bertz CT molecular complexity index is 259. The van der Waals surface area contributed by atoms with Crippen LogP contribution in [-0.2, 0) is 10.0 Å². The molecule has 0 bridgehead atoms. The van der Waals surface area contributed by atoms with Gasteiger partial charge in [0.05, 0.1) is 12.1 Å². The predicted octanol–water partition coefficient (Wildman–Crippen LogP) is 0.563. The van der Waals surface area contributed by atoms with Gasteiger partial charge < -0.3 is 5.11 Å². The van der Waals surface area contributed by atoms with E-state index in [-0.39, 0.29) is 11.3 Å². The summed E-state index contributed by atoms with van der Waals surface area (Å²) >= 11 is 2.90. The molecule has 78 valence electrons. The highest BCUT2D eigenvalue weighted by Crippen LogP contribution is 2.29. The first-order chi connectivity index (χ1) is 6.04. The van der Waals surface area contributed by atoms with Crippen molar-refractivity contribution in [3.05, 3.63) is 0 Å². The maximum absolute atomic E-state index is 11.3. The molecule has 0 amide bonds. The molecule has 0 spiro atoms. The van der Waals surface area contributed by atoms with Gasteiger partial charge >= 0.3 is 0 Å². The van der Waals surface area contributed by atoms with Crippen molar-refractivity contribution in [1.82, 2.24) is 4.72 Å². The molecule has 6 heteroatoms. The van der Waals surface area contributed by atoms with Crippen molar-refractivity contribution in [2.45, 2.75) is 31.2 Å². The lowest BCUT2D eigenvalue weighted by Gasteiger charge is -2.26. The first kappa shape index (κ1) is 11.4. The summed E-state index contributed by atoms with van der Waals surface area (Å²) in [5, 5.41) is 9.13. The SMILES string of the molecule is O=S(=O)(CBr)NC1(CO)CCCC1. The summed E-state index contributed by atoms with van der Waals surface area (Å²) < 4.78 is 24.9. The minimum absolute atomic E-state index is 0.109. The molecule has 0 saturated heterocycles. The van der Waals surface area contributed by atoms with Crippen molar-refractivity contribution >= 4 is 26.0 Å². The number of sulfonamides is 1. The Kier molecular flexibility index (Phi) is 3.73. The van der Waals surface area contributed by atoms with Gasteiger partial charge in [0.15, 0.2) is 0 Å². The van der Waals surface area contributed by atoms with Crippen LogP contribution in [0.15, 0.2) is 0 Å². The highest BCUT2D eigenvalue weighted by molar-refractivity contribution is 9.10. The van der Waals surface area contributed by atoms with Crippen molar-refractivity contribution in [3.63, 3.8) is 0 Å². The van der Waals surface area contributed by atoms with Crippen LogP contribution in [0.25, 0.3) is 0 Å². The van der Waals surface area contributed by atoms with Crippen molar-refractivity contribution < 1.29 is 13.5 Å². The Labute approximate surface area is 86.9 Å². The Morgan fingerprint density at radius 3 is 2.31 bits per heavy atom. The van der Waals surface area contributed by atoms with Gasteiger partial charge in [0.2, 0.25) is 10.0 Å². The van der Waals surface area contributed by atoms with Gasteiger partial charge in [-0.25, -0.2) is 13.1 Å². The third-order valence-electron chi connectivity index (χ3n) is 2.38. The molecular weight excluding hydrogens is 258 g/mol. The smallest absolute Gasteiger partial charge is 0.222 e. The fraction of sp³-hybridized carbons (Fsp3) is 1.00. The molecule has 0 heterocycles. The summed E-state index contributed by atoms with van der Waals surface area (Å²) in [6.45, 7) is -0.112. The molecule has 0 radical (unpaired) electrons. The highest BCUT2D eigenvalue weighted by atomic mass is 79.9. The molecule has 0 aromatic carbocycles. The Hall–Kier alpha value is 0.350. The lowest BCUT2D eigenvalue weighted by molar-refractivity contribution is 0.185. The quantitative estimate of drug-likeness (QED) is 0.735. The fourth-order valence-corrected chi connectivity index (χ4v) is 3.03. The average Bonchev–Trinajstić information content (AvgIpc) is 2.53. The number of aliphatic hydroxyl groups excluding tert-OH is 1. The second-order valence-corrected chi connectivity index (χ2v) is 6.50. The van der Waals surface area contributed by atoms with E-state index in [4.69, 9.17) is 5.11 Å². The molecule has 0 aliphatic heterocycles. The van der Waals surface area contributed by atoms with E-state index in [2.05, 4.69) is 20.7 Å². The predicted molar refractivity (Wildman–Crippen MR) is 54.1 cm³/mol. The van der Waals surface area contributed by atoms with Gasteiger partial charge in [-0.2, -0.15) is 0 Å². The van der Waals surface area contributed by atoms with Crippen molar-refractivity contribution in [2.24, 2.45) is 0 Å². The van der Waals surface area contributed by atoms with Crippen molar-refractivity contribution in [3.8, 4) is 0 Å². The van der Waals surface area contributed by atoms with Gasteiger partial charge in [0, 0.05) is 0 Å². The number of rotatable bonds is 4. The number of hydrogen-bond donors (Lipinski definition) is 2. The van der Waals surface area contributed by atoms with Crippen LogP contribution in [0.2, 0.25) is 0 Å².